The van der Waals surface area contributed by atoms with Crippen LogP contribution in [-0.4, -0.2) is 5.11 Å². The van der Waals surface area contributed by atoms with E-state index in [0.29, 0.717) is 29.5 Å². The summed E-state index contributed by atoms with van der Waals surface area (Å²) in [6, 6.07) is 0.923. The van der Waals surface area contributed by atoms with Crippen LogP contribution in [0.4, 0.5) is 8.78 Å². The average molecular weight is 212 g/mol. The van der Waals surface area contributed by atoms with Gasteiger partial charge in [0.25, 0.3) is 0 Å². The van der Waals surface area contributed by atoms with Crippen LogP contribution >= 0.6 is 0 Å². The van der Waals surface area contributed by atoms with E-state index in [1.807, 2.05) is 0 Å². The average Bonchev–Trinajstić information content (AvgIpc) is 2.37. The third-order valence-electron chi connectivity index (χ3n) is 3.12. The van der Waals surface area contributed by atoms with Crippen molar-refractivity contribution in [2.45, 2.75) is 38.7 Å². The Morgan fingerprint density at radius 1 is 1.27 bits per heavy atom. The van der Waals surface area contributed by atoms with Crippen molar-refractivity contribution in [1.29, 1.82) is 0 Å². The van der Waals surface area contributed by atoms with Crippen LogP contribution < -0.4 is 0 Å². The van der Waals surface area contributed by atoms with E-state index < -0.39 is 17.7 Å². The third-order valence-corrected chi connectivity index (χ3v) is 3.12. The topological polar surface area (TPSA) is 20.2 Å². The van der Waals surface area contributed by atoms with E-state index in [1.54, 1.807) is 6.92 Å². The summed E-state index contributed by atoms with van der Waals surface area (Å²) in [5.41, 5.74) is 1.37. The van der Waals surface area contributed by atoms with Gasteiger partial charge in [-0.05, 0) is 42.9 Å². The van der Waals surface area contributed by atoms with Gasteiger partial charge in [-0.25, -0.2) is 8.78 Å². The summed E-state index contributed by atoms with van der Waals surface area (Å²) in [6.07, 6.45) is 2.19. The van der Waals surface area contributed by atoms with E-state index in [0.717, 1.165) is 18.9 Å². The molecular formula is C12H14F2O. The van der Waals surface area contributed by atoms with Crippen LogP contribution in [-0.2, 0) is 6.42 Å². The van der Waals surface area contributed by atoms with E-state index in [1.165, 1.54) is 0 Å². The van der Waals surface area contributed by atoms with E-state index in [-0.39, 0.29) is 0 Å². The number of hydrogen-bond acceptors (Lipinski definition) is 1. The number of fused-ring (bicyclic) bond motifs is 1. The minimum Gasteiger partial charge on any atom is -0.388 e. The number of rotatable bonds is 0. The molecule has 0 radical (unpaired) electrons. The highest BCUT2D eigenvalue weighted by atomic mass is 19.1. The first kappa shape index (κ1) is 10.6. The second-order valence-electron chi connectivity index (χ2n) is 4.12. The standard InChI is InChI=1S/C12H14F2O/c1-7-9(13)6-10(14)8-4-2-3-5-11(15)12(7)8/h6,11,15H,2-5H2,1H3/t11-/m1/s1. The molecule has 1 aliphatic rings. The first-order valence-corrected chi connectivity index (χ1v) is 5.26. The van der Waals surface area contributed by atoms with Crippen LogP contribution in [0.5, 0.6) is 0 Å². The molecule has 0 aromatic heterocycles. The number of aliphatic hydroxyl groups excluding tert-OH is 1. The second kappa shape index (κ2) is 3.89. The van der Waals surface area contributed by atoms with Crippen LogP contribution in [0.2, 0.25) is 0 Å². The van der Waals surface area contributed by atoms with Gasteiger partial charge in [-0.15, -0.1) is 0 Å². The summed E-state index contributed by atoms with van der Waals surface area (Å²) in [5, 5.41) is 9.84. The maximum absolute atomic E-state index is 13.5. The Kier molecular flexibility index (Phi) is 2.74. The number of hydrogen-bond donors (Lipinski definition) is 1. The van der Waals surface area contributed by atoms with Gasteiger partial charge >= 0.3 is 0 Å². The molecule has 1 nitrogen and oxygen atoms in total. The summed E-state index contributed by atoms with van der Waals surface area (Å²) in [5.74, 6) is -1.08. The SMILES string of the molecule is Cc1c(F)cc(F)c2c1[C@H](O)CCCC2. The molecular weight excluding hydrogens is 198 g/mol. The molecule has 0 aliphatic heterocycles. The molecule has 0 heterocycles. The maximum atomic E-state index is 13.5. The summed E-state index contributed by atoms with van der Waals surface area (Å²) in [7, 11) is 0. The van der Waals surface area contributed by atoms with Crippen molar-refractivity contribution in [1.82, 2.24) is 0 Å². The summed E-state index contributed by atoms with van der Waals surface area (Å²) < 4.78 is 26.8. The first-order chi connectivity index (χ1) is 7.11. The van der Waals surface area contributed by atoms with Crippen molar-refractivity contribution in [3.05, 3.63) is 34.4 Å². The van der Waals surface area contributed by atoms with Crippen molar-refractivity contribution in [2.75, 3.05) is 0 Å². The van der Waals surface area contributed by atoms with Crippen molar-refractivity contribution >= 4 is 0 Å². The molecule has 0 amide bonds. The summed E-state index contributed by atoms with van der Waals surface area (Å²) in [4.78, 5) is 0. The molecule has 1 atom stereocenters. The fourth-order valence-corrected chi connectivity index (χ4v) is 2.28. The minimum atomic E-state index is -0.715. The Bertz CT molecular complexity index is 388. The lowest BCUT2D eigenvalue weighted by Gasteiger charge is -2.16. The largest absolute Gasteiger partial charge is 0.388 e. The van der Waals surface area contributed by atoms with E-state index in [9.17, 15) is 13.9 Å². The molecule has 1 aromatic carbocycles. The van der Waals surface area contributed by atoms with Crippen molar-refractivity contribution in [3.8, 4) is 0 Å². The van der Waals surface area contributed by atoms with E-state index in [4.69, 9.17) is 0 Å². The van der Waals surface area contributed by atoms with Crippen molar-refractivity contribution in [3.63, 3.8) is 0 Å². The monoisotopic (exact) mass is 212 g/mol. The van der Waals surface area contributed by atoms with Crippen molar-refractivity contribution < 1.29 is 13.9 Å². The fourth-order valence-electron chi connectivity index (χ4n) is 2.28. The van der Waals surface area contributed by atoms with Gasteiger partial charge < -0.3 is 5.11 Å². The predicted octanol–water partition coefficient (Wildman–Crippen LogP) is 3.03. The lowest BCUT2D eigenvalue weighted by molar-refractivity contribution is 0.165. The second-order valence-corrected chi connectivity index (χ2v) is 4.12. The first-order valence-electron chi connectivity index (χ1n) is 5.26. The van der Waals surface area contributed by atoms with Gasteiger partial charge in [0.2, 0.25) is 0 Å². The van der Waals surface area contributed by atoms with Gasteiger partial charge in [-0.1, -0.05) is 6.42 Å². The molecule has 0 bridgehead atoms. The zero-order valence-electron chi connectivity index (χ0n) is 8.69. The van der Waals surface area contributed by atoms with Crippen LogP contribution in [0.15, 0.2) is 6.07 Å². The van der Waals surface area contributed by atoms with Crippen LogP contribution in [0, 0.1) is 18.6 Å². The van der Waals surface area contributed by atoms with Crippen LogP contribution in [0.3, 0.4) is 0 Å². The molecule has 1 aliphatic carbocycles. The quantitative estimate of drug-likeness (QED) is 0.655. The van der Waals surface area contributed by atoms with E-state index in [2.05, 4.69) is 0 Å². The molecule has 1 N–H and O–H groups in total. The number of halogens is 2. The zero-order valence-corrected chi connectivity index (χ0v) is 8.69. The Morgan fingerprint density at radius 3 is 2.73 bits per heavy atom. The molecule has 82 valence electrons. The Balaban J connectivity index is 2.63. The van der Waals surface area contributed by atoms with Gasteiger partial charge in [-0.3, -0.25) is 0 Å². The van der Waals surface area contributed by atoms with Gasteiger partial charge in [0.15, 0.2) is 0 Å². The normalized spacial score (nSPS) is 20.9. The predicted molar refractivity (Wildman–Crippen MR) is 53.6 cm³/mol. The lowest BCUT2D eigenvalue weighted by Crippen LogP contribution is -2.06. The van der Waals surface area contributed by atoms with Gasteiger partial charge in [0.05, 0.1) is 6.10 Å². The maximum Gasteiger partial charge on any atom is 0.129 e. The fraction of sp³-hybridized carbons (Fsp3) is 0.500. The molecule has 0 spiro atoms. The molecule has 1 aromatic rings. The molecule has 0 fully saturated rings. The number of benzene rings is 1. The highest BCUT2D eigenvalue weighted by Crippen LogP contribution is 2.33. The highest BCUT2D eigenvalue weighted by Gasteiger charge is 2.23. The zero-order chi connectivity index (χ0) is 11.0. The van der Waals surface area contributed by atoms with E-state index >= 15 is 0 Å². The minimum absolute atomic E-state index is 0.390. The highest BCUT2D eigenvalue weighted by molar-refractivity contribution is 5.39. The van der Waals surface area contributed by atoms with Gasteiger partial charge in [0.1, 0.15) is 11.6 Å². The third kappa shape index (κ3) is 1.76. The number of aliphatic hydroxyl groups is 1. The Hall–Kier alpha value is -0.960. The Labute approximate surface area is 87.7 Å². The molecule has 15 heavy (non-hydrogen) atoms. The molecule has 0 saturated heterocycles. The molecule has 3 heteroatoms. The van der Waals surface area contributed by atoms with Gasteiger partial charge in [-0.2, -0.15) is 0 Å². The summed E-state index contributed by atoms with van der Waals surface area (Å²) >= 11 is 0. The summed E-state index contributed by atoms with van der Waals surface area (Å²) in [6.45, 7) is 1.60. The Morgan fingerprint density at radius 2 is 2.00 bits per heavy atom. The smallest absolute Gasteiger partial charge is 0.129 e. The van der Waals surface area contributed by atoms with Crippen LogP contribution in [0.25, 0.3) is 0 Å². The molecule has 2 rings (SSSR count). The van der Waals surface area contributed by atoms with Gasteiger partial charge in [0, 0.05) is 6.07 Å². The lowest BCUT2D eigenvalue weighted by atomic mass is 9.95. The molecule has 0 unspecified atom stereocenters. The van der Waals surface area contributed by atoms with Crippen LogP contribution in [0.1, 0.15) is 42.1 Å². The van der Waals surface area contributed by atoms with Crippen molar-refractivity contribution in [2.24, 2.45) is 0 Å². The molecule has 0 saturated carbocycles.